The average molecular weight is 391 g/mol. The van der Waals surface area contributed by atoms with E-state index in [9.17, 15) is 9.59 Å². The van der Waals surface area contributed by atoms with E-state index in [1.165, 1.54) is 6.33 Å². The monoisotopic (exact) mass is 391 g/mol. The molecule has 1 unspecified atom stereocenters. The standard InChI is InChI=1S/C21H21N5O3/c1-13-6-5-8-16(14(13)2)24-20(28)11-29-18-9-4-3-7-15(18)17-10-19(27)25-21-22-12-23-26(17)21/h3-9,12,17H,10-11H2,1-2H3,(H,24,28)(H,22,23,25,27). The fourth-order valence-corrected chi connectivity index (χ4v) is 3.35. The number of fused-ring (bicyclic) bond motifs is 1. The fraction of sp³-hybridized carbons (Fsp3) is 0.238. The summed E-state index contributed by atoms with van der Waals surface area (Å²) in [6.45, 7) is 3.81. The van der Waals surface area contributed by atoms with Crippen molar-refractivity contribution in [3.8, 4) is 5.75 Å². The summed E-state index contributed by atoms with van der Waals surface area (Å²) in [5, 5.41) is 9.79. The topological polar surface area (TPSA) is 98.1 Å². The maximum atomic E-state index is 12.4. The Hall–Kier alpha value is -3.68. The van der Waals surface area contributed by atoms with Crippen molar-refractivity contribution in [2.45, 2.75) is 26.3 Å². The third-order valence-electron chi connectivity index (χ3n) is 5.01. The Morgan fingerprint density at radius 3 is 2.93 bits per heavy atom. The fourth-order valence-electron chi connectivity index (χ4n) is 3.35. The maximum Gasteiger partial charge on any atom is 0.262 e. The van der Waals surface area contributed by atoms with Gasteiger partial charge < -0.3 is 10.1 Å². The summed E-state index contributed by atoms with van der Waals surface area (Å²) in [4.78, 5) is 28.5. The van der Waals surface area contributed by atoms with E-state index in [0.717, 1.165) is 22.4 Å². The number of nitrogens with one attached hydrogen (secondary N) is 2. The van der Waals surface area contributed by atoms with Gasteiger partial charge in [0.05, 0.1) is 12.5 Å². The van der Waals surface area contributed by atoms with Crippen LogP contribution in [0.25, 0.3) is 0 Å². The number of anilines is 2. The zero-order valence-corrected chi connectivity index (χ0v) is 16.2. The first-order valence-corrected chi connectivity index (χ1v) is 9.30. The Bertz CT molecular complexity index is 1080. The van der Waals surface area contributed by atoms with E-state index in [1.54, 1.807) is 10.7 Å². The first-order valence-electron chi connectivity index (χ1n) is 9.30. The Morgan fingerprint density at radius 2 is 2.07 bits per heavy atom. The molecule has 0 bridgehead atoms. The van der Waals surface area contributed by atoms with Gasteiger partial charge in [-0.2, -0.15) is 10.1 Å². The van der Waals surface area contributed by atoms with Crippen LogP contribution in [0, 0.1) is 13.8 Å². The molecular weight excluding hydrogens is 370 g/mol. The van der Waals surface area contributed by atoms with Crippen molar-refractivity contribution < 1.29 is 14.3 Å². The number of aryl methyl sites for hydroxylation is 1. The molecule has 1 aliphatic heterocycles. The molecule has 0 fully saturated rings. The van der Waals surface area contributed by atoms with Crippen molar-refractivity contribution in [1.29, 1.82) is 0 Å². The summed E-state index contributed by atoms with van der Waals surface area (Å²) in [6.07, 6.45) is 1.61. The molecule has 0 aliphatic carbocycles. The van der Waals surface area contributed by atoms with Crippen LogP contribution in [0.5, 0.6) is 5.75 Å². The van der Waals surface area contributed by atoms with Crippen LogP contribution < -0.4 is 15.4 Å². The average Bonchev–Trinajstić information content (AvgIpc) is 3.18. The van der Waals surface area contributed by atoms with Crippen LogP contribution in [0.2, 0.25) is 0 Å². The molecule has 8 heteroatoms. The van der Waals surface area contributed by atoms with Crippen molar-refractivity contribution >= 4 is 23.5 Å². The van der Waals surface area contributed by atoms with Gasteiger partial charge in [0, 0.05) is 11.3 Å². The second-order valence-electron chi connectivity index (χ2n) is 6.92. The molecule has 1 aromatic heterocycles. The van der Waals surface area contributed by atoms with Crippen LogP contribution >= 0.6 is 0 Å². The normalized spacial score (nSPS) is 15.4. The van der Waals surface area contributed by atoms with Gasteiger partial charge in [0.1, 0.15) is 12.1 Å². The van der Waals surface area contributed by atoms with Gasteiger partial charge in [0.25, 0.3) is 5.91 Å². The molecule has 2 heterocycles. The van der Waals surface area contributed by atoms with Gasteiger partial charge in [-0.3, -0.25) is 14.9 Å². The molecule has 29 heavy (non-hydrogen) atoms. The number of ether oxygens (including phenoxy) is 1. The summed E-state index contributed by atoms with van der Waals surface area (Å²) in [5.74, 6) is 0.535. The first kappa shape index (κ1) is 18.7. The van der Waals surface area contributed by atoms with Crippen LogP contribution in [0.1, 0.15) is 29.2 Å². The Morgan fingerprint density at radius 1 is 1.24 bits per heavy atom. The molecule has 0 saturated carbocycles. The number of nitrogens with zero attached hydrogens (tertiary/aromatic N) is 3. The molecule has 0 spiro atoms. The van der Waals surface area contributed by atoms with Gasteiger partial charge in [-0.25, -0.2) is 4.68 Å². The van der Waals surface area contributed by atoms with E-state index in [1.807, 2.05) is 50.2 Å². The Balaban J connectivity index is 1.51. The van der Waals surface area contributed by atoms with E-state index in [-0.39, 0.29) is 30.9 Å². The lowest BCUT2D eigenvalue weighted by Crippen LogP contribution is -2.29. The van der Waals surface area contributed by atoms with Gasteiger partial charge in [-0.1, -0.05) is 30.3 Å². The highest BCUT2D eigenvalue weighted by Gasteiger charge is 2.29. The van der Waals surface area contributed by atoms with Gasteiger partial charge >= 0.3 is 0 Å². The molecule has 0 radical (unpaired) electrons. The van der Waals surface area contributed by atoms with Crippen LogP contribution in [0.4, 0.5) is 11.6 Å². The predicted octanol–water partition coefficient (Wildman–Crippen LogP) is 2.84. The van der Waals surface area contributed by atoms with Gasteiger partial charge in [0.2, 0.25) is 11.9 Å². The highest BCUT2D eigenvalue weighted by Crippen LogP contribution is 2.34. The third kappa shape index (κ3) is 3.82. The Kier molecular flexibility index (Phi) is 4.99. The molecule has 1 aliphatic rings. The zero-order chi connectivity index (χ0) is 20.4. The van der Waals surface area contributed by atoms with Crippen molar-refractivity contribution in [3.63, 3.8) is 0 Å². The summed E-state index contributed by atoms with van der Waals surface area (Å²) >= 11 is 0. The van der Waals surface area contributed by atoms with E-state index in [2.05, 4.69) is 20.7 Å². The lowest BCUT2D eigenvalue weighted by atomic mass is 10.0. The van der Waals surface area contributed by atoms with Crippen molar-refractivity contribution in [1.82, 2.24) is 14.8 Å². The largest absolute Gasteiger partial charge is 0.483 e. The number of aromatic nitrogens is 3. The highest BCUT2D eigenvalue weighted by atomic mass is 16.5. The lowest BCUT2D eigenvalue weighted by Gasteiger charge is -2.25. The second-order valence-corrected chi connectivity index (χ2v) is 6.92. The van der Waals surface area contributed by atoms with Crippen molar-refractivity contribution in [2.24, 2.45) is 0 Å². The smallest absolute Gasteiger partial charge is 0.262 e. The number of benzene rings is 2. The molecule has 8 nitrogen and oxygen atoms in total. The molecule has 3 aromatic rings. The molecule has 2 aromatic carbocycles. The minimum Gasteiger partial charge on any atom is -0.483 e. The van der Waals surface area contributed by atoms with Gasteiger partial charge in [-0.05, 0) is 37.1 Å². The van der Waals surface area contributed by atoms with Gasteiger partial charge in [-0.15, -0.1) is 0 Å². The van der Waals surface area contributed by atoms with E-state index < -0.39 is 0 Å². The van der Waals surface area contributed by atoms with E-state index in [0.29, 0.717) is 11.7 Å². The van der Waals surface area contributed by atoms with E-state index in [4.69, 9.17) is 4.74 Å². The summed E-state index contributed by atoms with van der Waals surface area (Å²) in [7, 11) is 0. The maximum absolute atomic E-state index is 12.4. The number of hydrogen-bond donors (Lipinski definition) is 2. The summed E-state index contributed by atoms with van der Waals surface area (Å²) in [5.41, 5.74) is 3.66. The number of hydrogen-bond acceptors (Lipinski definition) is 5. The number of carbonyl (C=O) groups excluding carboxylic acids is 2. The van der Waals surface area contributed by atoms with Crippen LogP contribution in [0.15, 0.2) is 48.8 Å². The number of carbonyl (C=O) groups is 2. The molecule has 4 rings (SSSR count). The molecule has 1 atom stereocenters. The number of rotatable bonds is 5. The molecular formula is C21H21N5O3. The second kappa shape index (κ2) is 7.75. The number of para-hydroxylation sites is 1. The lowest BCUT2D eigenvalue weighted by molar-refractivity contribution is -0.118. The Labute approximate surface area is 167 Å². The van der Waals surface area contributed by atoms with Crippen molar-refractivity contribution in [2.75, 3.05) is 17.2 Å². The predicted molar refractivity (Wildman–Crippen MR) is 108 cm³/mol. The highest BCUT2D eigenvalue weighted by molar-refractivity contribution is 5.93. The third-order valence-corrected chi connectivity index (χ3v) is 5.01. The minimum absolute atomic E-state index is 0.141. The molecule has 2 N–H and O–H groups in total. The minimum atomic E-state index is -0.348. The van der Waals surface area contributed by atoms with Crippen LogP contribution in [-0.2, 0) is 9.59 Å². The van der Waals surface area contributed by atoms with Gasteiger partial charge in [0.15, 0.2) is 6.61 Å². The molecule has 148 valence electrons. The van der Waals surface area contributed by atoms with E-state index >= 15 is 0 Å². The number of amides is 2. The SMILES string of the molecule is Cc1cccc(NC(=O)COc2ccccc2C2CC(=O)Nc3ncnn32)c1C. The van der Waals surface area contributed by atoms with Crippen LogP contribution in [-0.4, -0.2) is 33.2 Å². The quantitative estimate of drug-likeness (QED) is 0.697. The molecule has 2 amide bonds. The van der Waals surface area contributed by atoms with Crippen molar-refractivity contribution in [3.05, 3.63) is 65.5 Å². The zero-order valence-electron chi connectivity index (χ0n) is 16.2. The summed E-state index contributed by atoms with van der Waals surface area (Å²) < 4.78 is 7.47. The van der Waals surface area contributed by atoms with Crippen LogP contribution in [0.3, 0.4) is 0 Å². The summed E-state index contributed by atoms with van der Waals surface area (Å²) in [6, 6.07) is 12.7. The first-order chi connectivity index (χ1) is 14.0. The molecule has 0 saturated heterocycles.